The van der Waals surface area contributed by atoms with Crippen molar-refractivity contribution in [1.82, 2.24) is 21.3 Å². The van der Waals surface area contributed by atoms with Crippen LogP contribution in [0.25, 0.3) is 0 Å². The number of benzene rings is 2. The van der Waals surface area contributed by atoms with E-state index < -0.39 is 141 Å². The average molecular weight is 1220 g/mol. The molecule has 32 heteroatoms. The molecule has 432 valence electrons. The van der Waals surface area contributed by atoms with Crippen LogP contribution in [0.2, 0.25) is 0 Å². The summed E-state index contributed by atoms with van der Waals surface area (Å²) >= 11 is 5.46. The summed E-state index contributed by atoms with van der Waals surface area (Å²) in [6, 6.07) is 8.07. The van der Waals surface area contributed by atoms with Gasteiger partial charge in [-0.05, 0) is 0 Å². The second kappa shape index (κ2) is 28.4. The van der Waals surface area contributed by atoms with Gasteiger partial charge in [0.05, 0.1) is 5.75 Å². The molecule has 76 heavy (non-hydrogen) atoms. The van der Waals surface area contributed by atoms with E-state index in [1.54, 1.807) is 45.9 Å². The molecular weight excluding hydrogens is 1150 g/mol. The van der Waals surface area contributed by atoms with Crippen LogP contribution >= 0.6 is 0 Å². The largest absolute Gasteiger partial charge is 0.342 e. The summed E-state index contributed by atoms with van der Waals surface area (Å²) in [7, 11) is -21.6. The third-order valence-corrected chi connectivity index (χ3v) is 15.4. The second-order valence-electron chi connectivity index (χ2n) is 17.9. The van der Waals surface area contributed by atoms with Crippen LogP contribution in [0.1, 0.15) is 114 Å². The number of carboxylic acids is 1. The van der Waals surface area contributed by atoms with Gasteiger partial charge in [0, 0.05) is 5.75 Å². The van der Waals surface area contributed by atoms with E-state index in [0.29, 0.717) is 36.2 Å². The van der Waals surface area contributed by atoms with Gasteiger partial charge in [-0.15, -0.1) is 0 Å². The quantitative estimate of drug-likeness (QED) is 0.0176. The summed E-state index contributed by atoms with van der Waals surface area (Å²) in [5.74, 6) is -6.99. The number of carbonyl (C=O) groups excluding carboxylic acids is 3. The molecule has 0 bridgehead atoms. The van der Waals surface area contributed by atoms with E-state index in [1.165, 1.54) is 18.2 Å². The molecule has 3 rings (SSSR count). The summed E-state index contributed by atoms with van der Waals surface area (Å²) in [4.78, 5) is 53.1. The molecule has 0 spiro atoms. The Morgan fingerprint density at radius 2 is 1.21 bits per heavy atom. The van der Waals surface area contributed by atoms with Gasteiger partial charge in [0.1, 0.15) is 0 Å². The van der Waals surface area contributed by atoms with Crippen LogP contribution in [0.15, 0.2) is 48.2 Å². The van der Waals surface area contributed by atoms with Crippen molar-refractivity contribution in [2.75, 3.05) is 66.4 Å². The Balaban J connectivity index is 0.00000263. The maximum atomic E-state index is 13.6. The minimum atomic E-state index is -4.49. The Kier molecular flexibility index (Phi) is 25.2. The Hall–Kier alpha value is -4.57. The van der Waals surface area contributed by atoms with Gasteiger partial charge < -0.3 is 12.0 Å². The third kappa shape index (κ3) is 23.2. The van der Waals surface area contributed by atoms with Crippen LogP contribution < -0.4 is 26.2 Å². The van der Waals surface area contributed by atoms with E-state index in [1.807, 2.05) is 4.90 Å². The number of allylic oxidation sites excluding steroid dienone is 4. The van der Waals surface area contributed by atoms with Crippen LogP contribution in [-0.2, 0) is 81.2 Å². The van der Waals surface area contributed by atoms with Crippen molar-refractivity contribution in [1.29, 1.82) is 0 Å². The number of nitrogens with one attached hydrogen (secondary N) is 4. The van der Waals surface area contributed by atoms with Gasteiger partial charge in [0.2, 0.25) is 0 Å². The summed E-state index contributed by atoms with van der Waals surface area (Å²) < 4.78 is 155. The number of carbonyl (C=O) groups is 4. The summed E-state index contributed by atoms with van der Waals surface area (Å²) in [5.41, 5.74) is -1.06. The number of nitrogens with zero attached hydrogens (tertiary/aromatic N) is 1. The van der Waals surface area contributed by atoms with Gasteiger partial charge in [0.15, 0.2) is 0 Å². The number of hydrogen-bond donors (Lipinski definition) is 11. The molecule has 2 aromatic carbocycles. The number of aliphatic hydroxyl groups is 1. The van der Waals surface area contributed by atoms with Gasteiger partial charge in [-0.3, -0.25) is 18.5 Å². The van der Waals surface area contributed by atoms with Gasteiger partial charge >= 0.3 is 349 Å². The fourth-order valence-corrected chi connectivity index (χ4v) is 9.44. The van der Waals surface area contributed by atoms with Crippen molar-refractivity contribution in [2.24, 2.45) is 0 Å². The van der Waals surface area contributed by atoms with Crippen molar-refractivity contribution >= 4 is 84.5 Å². The zero-order valence-corrected chi connectivity index (χ0v) is 46.7. The molecule has 0 saturated carbocycles. The van der Waals surface area contributed by atoms with E-state index in [9.17, 15) is 85.1 Å². The van der Waals surface area contributed by atoms with E-state index in [-0.39, 0.29) is 57.4 Å². The fraction of sp³-hybridized carbons (Fsp3) is 0.500. The molecule has 0 aliphatic carbocycles. The predicted octanol–water partition coefficient (Wildman–Crippen LogP) is 0.786. The Labute approximate surface area is 450 Å². The topological polar surface area (TPSA) is 432 Å². The molecule has 1 atom stereocenters. The molecule has 0 radical (unpaired) electrons. The molecule has 1 aliphatic heterocycles. The first-order valence-corrected chi connectivity index (χ1v) is 31.2. The number of hydrogen-bond acceptors (Lipinski definition) is 17. The normalized spacial score (nSPS) is 14.9. The van der Waals surface area contributed by atoms with Crippen LogP contribution in [0, 0.1) is 13.0 Å². The van der Waals surface area contributed by atoms with Crippen LogP contribution in [0.5, 0.6) is 0 Å². The Morgan fingerprint density at radius 3 is 1.68 bits per heavy atom. The molecule has 1 aliphatic rings. The van der Waals surface area contributed by atoms with Crippen LogP contribution in [0.3, 0.4) is 0 Å². The minimum absolute atomic E-state index is 0.0707. The predicted molar refractivity (Wildman–Crippen MR) is 275 cm³/mol. The first-order chi connectivity index (χ1) is 34.7. The monoisotopic (exact) mass is 1220 g/mol. The molecular formula is C44H63N5NiO21S5-2. The Bertz CT molecular complexity index is 3110. The number of aliphatic carboxylic acids is 1. The zero-order chi connectivity index (χ0) is 58.3. The van der Waals surface area contributed by atoms with E-state index in [2.05, 4.69) is 34.3 Å². The molecule has 1 heterocycles. The molecule has 1 unspecified atom stereocenters. The van der Waals surface area contributed by atoms with Gasteiger partial charge in [-0.1, -0.05) is 0 Å². The van der Waals surface area contributed by atoms with E-state index in [4.69, 9.17) is 24.1 Å². The molecule has 2 aromatic rings. The Morgan fingerprint density at radius 1 is 0.724 bits per heavy atom. The summed E-state index contributed by atoms with van der Waals surface area (Å²) in [6.07, 6.45) is 4.51. The average Bonchev–Trinajstić information content (AvgIpc) is 3.47. The first-order valence-electron chi connectivity index (χ1n) is 22.6. The third-order valence-electron chi connectivity index (χ3n) is 11.0. The number of unbranched alkanes of at least 4 members (excludes halogenated alkanes) is 2. The summed E-state index contributed by atoms with van der Waals surface area (Å²) in [5, 5.41) is 30.4. The van der Waals surface area contributed by atoms with Crippen molar-refractivity contribution in [2.45, 2.75) is 76.9 Å². The van der Waals surface area contributed by atoms with Crippen molar-refractivity contribution < 1.29 is 109 Å². The standard InChI is InChI=1S/C41H56N5O18S4.C3H7O3S.Ni/c1-40(2,31-13-12-27(36(49)42-15-20-65(53,54)55)24-29(31)38(51)44-17-22-67(59,60)61)14-8-7-10-33-41(3,4)35-30(39(52)45-18-23-68(62,63)64)25-28(37(50)43-16-21-66(56,57)58)26-32(35)46(33)19-9-5-6-11-34(47)48;1-2-3-7(4,5)6;/h7-8,10,12,24-26,39,45,52H,5-6,9,11,15-23H2,1-4H3,(H,42,49)(H,43,50)(H,44,51)(H,47,48)(H,53,54,55)(H,56,57,58)(H,59,60,61)(H,62,63,64);1-3H2,(H,4,5,6);/q2*-1;/b8-7+,33-10+;;. The maximum absolute atomic E-state index is 13.6. The minimum Gasteiger partial charge on any atom is -0.342 e. The summed E-state index contributed by atoms with van der Waals surface area (Å²) in [6.45, 7) is 8.41. The fourth-order valence-electron chi connectivity index (χ4n) is 7.41. The number of carboxylic acid groups (broad SMARTS) is 1. The van der Waals surface area contributed by atoms with Crippen molar-refractivity contribution in [3.05, 3.63) is 94.6 Å². The van der Waals surface area contributed by atoms with E-state index in [0.717, 1.165) is 6.07 Å². The molecule has 0 saturated heterocycles. The second-order valence-corrected chi connectivity index (χ2v) is 26.3. The van der Waals surface area contributed by atoms with Gasteiger partial charge in [0.25, 0.3) is 30.4 Å². The molecule has 3 amide bonds. The maximum Gasteiger partial charge on any atom is 0.262 e. The first kappa shape index (κ1) is 67.5. The van der Waals surface area contributed by atoms with Gasteiger partial charge in [-0.25, -0.2) is 0 Å². The number of amides is 3. The van der Waals surface area contributed by atoms with Crippen molar-refractivity contribution in [3.8, 4) is 0 Å². The van der Waals surface area contributed by atoms with Crippen molar-refractivity contribution in [3.63, 3.8) is 0 Å². The van der Waals surface area contributed by atoms with Crippen LogP contribution in [0.4, 0.5) is 5.69 Å². The smallest absolute Gasteiger partial charge is 0.262 e. The SMILES string of the molecule is CC(C)([C](=[Ni])/C=C/C=C1/N(CCCCCC(=O)O)c2cc(C(=O)NCCS(=O)(=O)O)cc(C(O)NCCS(=O)(=O)O)c2C1(C)C)c1[c-]cc(C(=O)NCCS(=O)(=O)O)cc1C(=O)NCCS(=O)(=O)O.[CH2-]CCS(=O)(=O)O. The number of anilines is 1. The molecule has 0 fully saturated rings. The number of fused-ring (bicyclic) bond motifs is 1. The van der Waals surface area contributed by atoms with E-state index >= 15 is 0 Å². The zero-order valence-electron chi connectivity index (χ0n) is 41.6. The molecule has 26 nitrogen and oxygen atoms in total. The van der Waals surface area contributed by atoms with Crippen LogP contribution in [-0.4, -0.2) is 165 Å². The number of rotatable bonds is 29. The molecule has 11 N–H and O–H groups in total. The molecule has 0 aromatic heterocycles. The number of aliphatic hydroxyl groups excluding tert-OH is 1. The van der Waals surface area contributed by atoms with Gasteiger partial charge in [-0.2, -0.15) is 31.7 Å².